The number of carbonyl (C=O) groups excluding carboxylic acids is 2. The fraction of sp³-hybridized carbons (Fsp3) is 0.222. The summed E-state index contributed by atoms with van der Waals surface area (Å²) in [6.45, 7) is 0.0821. The van der Waals surface area contributed by atoms with Crippen LogP contribution in [0.15, 0.2) is 82.1 Å². The van der Waals surface area contributed by atoms with Gasteiger partial charge in [-0.3, -0.25) is 14.4 Å². The van der Waals surface area contributed by atoms with E-state index < -0.39 is 16.8 Å². The molecular weight excluding hydrogens is 496 g/mol. The summed E-state index contributed by atoms with van der Waals surface area (Å²) in [5.41, 5.74) is 2.40. The van der Waals surface area contributed by atoms with Crippen LogP contribution in [0.2, 0.25) is 0 Å². The van der Waals surface area contributed by atoms with Crippen LogP contribution < -0.4 is 5.32 Å². The van der Waals surface area contributed by atoms with E-state index in [0.717, 1.165) is 32.4 Å². The first-order valence-electron chi connectivity index (χ1n) is 11.5. The lowest BCUT2D eigenvalue weighted by Crippen LogP contribution is -2.74. The number of carbonyl (C=O) groups is 3. The molecule has 2 saturated heterocycles. The average molecular weight is 519 g/mol. The van der Waals surface area contributed by atoms with Crippen molar-refractivity contribution in [3.8, 4) is 0 Å². The number of furan rings is 1. The second-order valence-electron chi connectivity index (χ2n) is 9.03. The number of hydrogen-bond acceptors (Lipinski definition) is 6. The van der Waals surface area contributed by atoms with Crippen LogP contribution >= 0.6 is 23.5 Å². The Morgan fingerprint density at radius 3 is 2.61 bits per heavy atom. The predicted molar refractivity (Wildman–Crippen MR) is 140 cm³/mol. The number of amides is 2. The minimum atomic E-state index is -1.19. The molecule has 2 amide bonds. The van der Waals surface area contributed by atoms with Gasteiger partial charge in [0.25, 0.3) is 0 Å². The van der Waals surface area contributed by atoms with Gasteiger partial charge >= 0.3 is 5.97 Å². The standard InChI is InChI=1S/C27H22N2O5S2/c30-22(12-16-6-2-1-3-7-16)28-23-24(31)29-14-27(26(32)33,15-35-25(23)29)36-17-10-11-21-19(13-17)18-8-4-5-9-20(18)34-21/h1-11,13,23,25H,12,14-15H2,(H,28,30)(H,32,33)/t23-,25-,27?/m1/s1. The van der Waals surface area contributed by atoms with E-state index in [-0.39, 0.29) is 30.2 Å². The molecule has 2 aliphatic rings. The van der Waals surface area contributed by atoms with E-state index in [1.807, 2.05) is 72.8 Å². The van der Waals surface area contributed by atoms with Crippen LogP contribution in [0.1, 0.15) is 5.56 Å². The Hall–Kier alpha value is -3.43. The molecule has 2 aliphatic heterocycles. The van der Waals surface area contributed by atoms with Crippen LogP contribution in [-0.4, -0.2) is 56.3 Å². The van der Waals surface area contributed by atoms with E-state index in [2.05, 4.69) is 5.32 Å². The van der Waals surface area contributed by atoms with Crippen LogP contribution in [0.25, 0.3) is 21.9 Å². The lowest BCUT2D eigenvalue weighted by atomic mass is 10.0. The zero-order chi connectivity index (χ0) is 24.9. The summed E-state index contributed by atoms with van der Waals surface area (Å²) >= 11 is 2.67. The molecule has 2 fully saturated rings. The number of hydrogen-bond donors (Lipinski definition) is 2. The van der Waals surface area contributed by atoms with Gasteiger partial charge in [0.05, 0.1) is 6.42 Å². The van der Waals surface area contributed by atoms with E-state index >= 15 is 0 Å². The van der Waals surface area contributed by atoms with Crippen molar-refractivity contribution in [2.45, 2.75) is 27.5 Å². The van der Waals surface area contributed by atoms with Gasteiger partial charge in [0.1, 0.15) is 27.3 Å². The van der Waals surface area contributed by atoms with Crippen molar-refractivity contribution < 1.29 is 23.9 Å². The zero-order valence-electron chi connectivity index (χ0n) is 19.0. The number of benzene rings is 3. The number of para-hydroxylation sites is 1. The van der Waals surface area contributed by atoms with Crippen molar-refractivity contribution in [3.63, 3.8) is 0 Å². The lowest BCUT2D eigenvalue weighted by molar-refractivity contribution is -0.152. The molecule has 0 bridgehead atoms. The summed E-state index contributed by atoms with van der Waals surface area (Å²) in [6, 6.07) is 22.1. The topological polar surface area (TPSA) is 99.9 Å². The highest BCUT2D eigenvalue weighted by molar-refractivity contribution is 8.05. The third-order valence-corrected chi connectivity index (χ3v) is 9.67. The van der Waals surface area contributed by atoms with Gasteiger partial charge in [0.2, 0.25) is 11.8 Å². The van der Waals surface area contributed by atoms with Gasteiger partial charge in [-0.2, -0.15) is 0 Å². The van der Waals surface area contributed by atoms with Gasteiger partial charge in [-0.25, -0.2) is 0 Å². The van der Waals surface area contributed by atoms with Gasteiger partial charge in [0.15, 0.2) is 0 Å². The molecule has 4 aromatic rings. The van der Waals surface area contributed by atoms with Gasteiger partial charge < -0.3 is 19.7 Å². The molecule has 182 valence electrons. The first-order chi connectivity index (χ1) is 17.4. The number of nitrogens with zero attached hydrogens (tertiary/aromatic N) is 1. The highest BCUT2D eigenvalue weighted by Gasteiger charge is 2.58. The molecule has 3 aromatic carbocycles. The third kappa shape index (κ3) is 3.92. The lowest BCUT2D eigenvalue weighted by Gasteiger charge is -2.53. The maximum atomic E-state index is 12.9. The van der Waals surface area contributed by atoms with E-state index in [1.54, 1.807) is 4.90 Å². The highest BCUT2D eigenvalue weighted by Crippen LogP contribution is 2.47. The largest absolute Gasteiger partial charge is 0.480 e. The SMILES string of the molecule is O=C(Cc1ccccc1)N[C@@H]1C(=O)N2CC(Sc3ccc4oc5ccccc5c4c3)(C(=O)O)CS[C@H]12. The maximum absolute atomic E-state index is 12.9. The number of nitrogens with one attached hydrogen (secondary N) is 1. The molecule has 1 aromatic heterocycles. The summed E-state index contributed by atoms with van der Waals surface area (Å²) in [5, 5.41) is 14.7. The average Bonchev–Trinajstić information content (AvgIpc) is 3.26. The molecule has 3 heterocycles. The normalized spacial score (nSPS) is 23.3. The molecule has 9 heteroatoms. The Labute approximate surface area is 215 Å². The Kier molecular flexibility index (Phi) is 5.69. The van der Waals surface area contributed by atoms with Gasteiger partial charge in [0, 0.05) is 28.0 Å². The summed E-state index contributed by atoms with van der Waals surface area (Å²) in [7, 11) is 0. The van der Waals surface area contributed by atoms with Crippen LogP contribution in [0.5, 0.6) is 0 Å². The van der Waals surface area contributed by atoms with Gasteiger partial charge in [-0.15, -0.1) is 23.5 Å². The Balaban J connectivity index is 1.18. The minimum Gasteiger partial charge on any atom is -0.480 e. The quantitative estimate of drug-likeness (QED) is 0.370. The number of β-lactam (4-membered cyclic amide) rings is 1. The molecule has 2 N–H and O–H groups in total. The van der Waals surface area contributed by atoms with Crippen molar-refractivity contribution in [1.29, 1.82) is 0 Å². The minimum absolute atomic E-state index is 0.0821. The van der Waals surface area contributed by atoms with Gasteiger partial charge in [-0.05, 0) is 29.8 Å². The van der Waals surface area contributed by atoms with Crippen molar-refractivity contribution in [3.05, 3.63) is 78.4 Å². The number of fused-ring (bicyclic) bond motifs is 4. The summed E-state index contributed by atoms with van der Waals surface area (Å²) in [5.74, 6) is -1.10. The van der Waals surface area contributed by atoms with Crippen molar-refractivity contribution in [1.82, 2.24) is 10.2 Å². The molecule has 1 unspecified atom stereocenters. The maximum Gasteiger partial charge on any atom is 0.322 e. The molecule has 7 nitrogen and oxygen atoms in total. The molecule has 36 heavy (non-hydrogen) atoms. The summed E-state index contributed by atoms with van der Waals surface area (Å²) in [4.78, 5) is 40.3. The smallest absolute Gasteiger partial charge is 0.322 e. The second kappa shape index (κ2) is 8.90. The first-order valence-corrected chi connectivity index (χ1v) is 13.4. The zero-order valence-corrected chi connectivity index (χ0v) is 20.7. The fourth-order valence-corrected chi connectivity index (χ4v) is 7.67. The first kappa shape index (κ1) is 23.0. The highest BCUT2D eigenvalue weighted by atomic mass is 32.2. The number of carboxylic acids is 1. The van der Waals surface area contributed by atoms with E-state index in [4.69, 9.17) is 4.42 Å². The van der Waals surface area contributed by atoms with Crippen LogP contribution in [0.3, 0.4) is 0 Å². The van der Waals surface area contributed by atoms with Crippen molar-refractivity contribution in [2.75, 3.05) is 12.3 Å². The Morgan fingerprint density at radius 1 is 1.06 bits per heavy atom. The molecule has 0 radical (unpaired) electrons. The predicted octanol–water partition coefficient (Wildman–Crippen LogP) is 4.14. The van der Waals surface area contributed by atoms with E-state index in [9.17, 15) is 19.5 Å². The molecule has 0 spiro atoms. The fourth-order valence-electron chi connectivity index (χ4n) is 4.79. The van der Waals surface area contributed by atoms with E-state index in [1.165, 1.54) is 23.5 Å². The molecule has 0 saturated carbocycles. The molecule has 6 rings (SSSR count). The number of aliphatic carboxylic acids is 1. The summed E-state index contributed by atoms with van der Waals surface area (Å²) in [6.07, 6.45) is 0.197. The third-order valence-electron chi connectivity index (χ3n) is 6.63. The van der Waals surface area contributed by atoms with Crippen molar-refractivity contribution >= 4 is 63.2 Å². The van der Waals surface area contributed by atoms with Crippen LogP contribution in [-0.2, 0) is 20.8 Å². The molecule has 3 atom stereocenters. The van der Waals surface area contributed by atoms with Gasteiger partial charge in [-0.1, -0.05) is 48.5 Å². The van der Waals surface area contributed by atoms with E-state index in [0.29, 0.717) is 5.75 Å². The number of thioether (sulfide) groups is 2. The second-order valence-corrected chi connectivity index (χ2v) is 11.6. The summed E-state index contributed by atoms with van der Waals surface area (Å²) < 4.78 is 4.70. The Morgan fingerprint density at radius 2 is 1.81 bits per heavy atom. The van der Waals surface area contributed by atoms with Crippen LogP contribution in [0, 0.1) is 0 Å². The number of rotatable bonds is 6. The molecule has 0 aliphatic carbocycles. The Bertz CT molecular complexity index is 1500. The molecular formula is C27H22N2O5S2. The van der Waals surface area contributed by atoms with Crippen LogP contribution in [0.4, 0.5) is 0 Å². The van der Waals surface area contributed by atoms with Crippen molar-refractivity contribution in [2.24, 2.45) is 0 Å². The number of carboxylic acid groups (broad SMARTS) is 1. The monoisotopic (exact) mass is 518 g/mol.